The van der Waals surface area contributed by atoms with Crippen molar-refractivity contribution in [2.45, 2.75) is 42.7 Å². The van der Waals surface area contributed by atoms with Crippen LogP contribution in [0.2, 0.25) is 5.02 Å². The number of para-hydroxylation sites is 2. The van der Waals surface area contributed by atoms with Crippen molar-refractivity contribution >= 4 is 27.3 Å². The minimum Gasteiger partial charge on any atom is -0.495 e. The predicted octanol–water partition coefficient (Wildman–Crippen LogP) is 4.05. The van der Waals surface area contributed by atoms with Crippen LogP contribution in [0, 0.1) is 0 Å². The third-order valence-electron chi connectivity index (χ3n) is 4.64. The molecule has 0 unspecified atom stereocenters. The molecule has 2 aromatic carbocycles. The molecule has 0 heterocycles. The maximum absolute atomic E-state index is 12.7. The molecular formula is C19H23ClN2O3S. The Bertz CT molecular complexity index is 840. The van der Waals surface area contributed by atoms with E-state index in [1.807, 2.05) is 24.3 Å². The Morgan fingerprint density at radius 3 is 2.35 bits per heavy atom. The normalized spacial score (nSPS) is 20.5. The summed E-state index contributed by atoms with van der Waals surface area (Å²) >= 11 is 5.86. The number of anilines is 1. The number of ether oxygens (including phenoxy) is 1. The van der Waals surface area contributed by atoms with Crippen LogP contribution < -0.4 is 14.8 Å². The molecule has 26 heavy (non-hydrogen) atoms. The van der Waals surface area contributed by atoms with Gasteiger partial charge in [0.2, 0.25) is 10.0 Å². The van der Waals surface area contributed by atoms with E-state index in [2.05, 4.69) is 10.0 Å². The fraction of sp³-hybridized carbons (Fsp3) is 0.368. The zero-order chi connectivity index (χ0) is 18.6. The standard InChI is InChI=1S/C19H23ClN2O3S/c1-25-19-9-5-4-8-18(19)21-16-6-2-3-7-17(16)22-26(23,24)15-12-10-14(20)11-13-15/h4-5,8-13,16-17,21-22H,2-3,6-7H2,1H3/t16-,17-/m0/s1. The molecule has 3 rings (SSSR count). The third kappa shape index (κ3) is 4.50. The number of nitrogens with one attached hydrogen (secondary N) is 2. The van der Waals surface area contributed by atoms with Crippen molar-refractivity contribution in [2.75, 3.05) is 12.4 Å². The predicted molar refractivity (Wildman–Crippen MR) is 104 cm³/mol. The van der Waals surface area contributed by atoms with Gasteiger partial charge in [0.1, 0.15) is 5.75 Å². The van der Waals surface area contributed by atoms with Crippen LogP contribution in [0.4, 0.5) is 5.69 Å². The van der Waals surface area contributed by atoms with E-state index in [1.54, 1.807) is 19.2 Å². The molecule has 0 bridgehead atoms. The highest BCUT2D eigenvalue weighted by molar-refractivity contribution is 7.89. The molecule has 1 saturated carbocycles. The lowest BCUT2D eigenvalue weighted by atomic mass is 9.91. The Hall–Kier alpha value is -1.76. The van der Waals surface area contributed by atoms with Gasteiger partial charge in [0, 0.05) is 17.1 Å². The number of hydrogen-bond donors (Lipinski definition) is 2. The summed E-state index contributed by atoms with van der Waals surface area (Å²) in [7, 11) is -1.97. The Morgan fingerprint density at radius 2 is 1.65 bits per heavy atom. The molecule has 0 aliphatic heterocycles. The maximum atomic E-state index is 12.7. The number of rotatable bonds is 6. The monoisotopic (exact) mass is 394 g/mol. The molecule has 1 fully saturated rings. The Morgan fingerprint density at radius 1 is 1.00 bits per heavy atom. The zero-order valence-electron chi connectivity index (χ0n) is 14.6. The number of benzene rings is 2. The largest absolute Gasteiger partial charge is 0.495 e. The summed E-state index contributed by atoms with van der Waals surface area (Å²) in [5, 5.41) is 3.97. The Balaban J connectivity index is 1.77. The highest BCUT2D eigenvalue weighted by atomic mass is 35.5. The van der Waals surface area contributed by atoms with Gasteiger partial charge in [0.25, 0.3) is 0 Å². The topological polar surface area (TPSA) is 67.4 Å². The zero-order valence-corrected chi connectivity index (χ0v) is 16.2. The first-order valence-corrected chi connectivity index (χ1v) is 10.5. The minimum absolute atomic E-state index is 0.00197. The lowest BCUT2D eigenvalue weighted by Gasteiger charge is -2.33. The van der Waals surface area contributed by atoms with Gasteiger partial charge in [-0.1, -0.05) is 36.6 Å². The lowest BCUT2D eigenvalue weighted by molar-refractivity contribution is 0.375. The van der Waals surface area contributed by atoms with Gasteiger partial charge in [-0.05, 0) is 49.2 Å². The van der Waals surface area contributed by atoms with E-state index in [1.165, 1.54) is 12.1 Å². The van der Waals surface area contributed by atoms with Crippen LogP contribution in [0.5, 0.6) is 5.75 Å². The quantitative estimate of drug-likeness (QED) is 0.775. The molecule has 1 aliphatic rings. The van der Waals surface area contributed by atoms with Crippen LogP contribution in [0.3, 0.4) is 0 Å². The van der Waals surface area contributed by atoms with Crippen molar-refractivity contribution in [3.8, 4) is 5.75 Å². The van der Waals surface area contributed by atoms with Gasteiger partial charge in [-0.3, -0.25) is 0 Å². The fourth-order valence-corrected chi connectivity index (χ4v) is 4.73. The second kappa shape index (κ2) is 8.29. The molecule has 5 nitrogen and oxygen atoms in total. The van der Waals surface area contributed by atoms with Gasteiger partial charge >= 0.3 is 0 Å². The van der Waals surface area contributed by atoms with Crippen LogP contribution in [-0.2, 0) is 10.0 Å². The van der Waals surface area contributed by atoms with Gasteiger partial charge in [0.15, 0.2) is 0 Å². The van der Waals surface area contributed by atoms with Crippen LogP contribution in [0.25, 0.3) is 0 Å². The number of halogens is 1. The third-order valence-corrected chi connectivity index (χ3v) is 6.40. The van der Waals surface area contributed by atoms with E-state index < -0.39 is 10.0 Å². The van der Waals surface area contributed by atoms with Crippen molar-refractivity contribution < 1.29 is 13.2 Å². The first kappa shape index (κ1) is 19.0. The van der Waals surface area contributed by atoms with Gasteiger partial charge in [0.05, 0.1) is 17.7 Å². The van der Waals surface area contributed by atoms with E-state index in [0.29, 0.717) is 5.02 Å². The number of sulfonamides is 1. The van der Waals surface area contributed by atoms with Crippen LogP contribution in [0.1, 0.15) is 25.7 Å². The molecule has 140 valence electrons. The molecule has 0 saturated heterocycles. The van der Waals surface area contributed by atoms with Crippen molar-refractivity contribution in [1.29, 1.82) is 0 Å². The summed E-state index contributed by atoms with van der Waals surface area (Å²) in [5.74, 6) is 0.748. The summed E-state index contributed by atoms with van der Waals surface area (Å²) in [6, 6.07) is 13.7. The van der Waals surface area contributed by atoms with E-state index in [4.69, 9.17) is 16.3 Å². The highest BCUT2D eigenvalue weighted by Gasteiger charge is 2.30. The molecule has 0 spiro atoms. The smallest absolute Gasteiger partial charge is 0.240 e. The molecule has 0 amide bonds. The number of hydrogen-bond acceptors (Lipinski definition) is 4. The van der Waals surface area contributed by atoms with Gasteiger partial charge in [-0.2, -0.15) is 0 Å². The maximum Gasteiger partial charge on any atom is 0.240 e. The van der Waals surface area contributed by atoms with Gasteiger partial charge < -0.3 is 10.1 Å². The molecule has 0 radical (unpaired) electrons. The second-order valence-electron chi connectivity index (χ2n) is 6.42. The summed E-state index contributed by atoms with van der Waals surface area (Å²) in [5.41, 5.74) is 0.873. The van der Waals surface area contributed by atoms with Gasteiger partial charge in [-0.15, -0.1) is 0 Å². The molecule has 7 heteroatoms. The van der Waals surface area contributed by atoms with Crippen LogP contribution >= 0.6 is 11.6 Å². The van der Waals surface area contributed by atoms with Crippen molar-refractivity contribution in [3.63, 3.8) is 0 Å². The Kier molecular flexibility index (Phi) is 6.06. The fourth-order valence-electron chi connectivity index (χ4n) is 3.29. The Labute approximate surface area is 159 Å². The molecule has 0 aromatic heterocycles. The van der Waals surface area contributed by atoms with Gasteiger partial charge in [-0.25, -0.2) is 13.1 Å². The van der Waals surface area contributed by atoms with Crippen molar-refractivity contribution in [2.24, 2.45) is 0 Å². The molecule has 1 aliphatic carbocycles. The number of methoxy groups -OCH3 is 1. The summed E-state index contributed by atoms with van der Waals surface area (Å²) in [4.78, 5) is 0.225. The average molecular weight is 395 g/mol. The molecular weight excluding hydrogens is 372 g/mol. The van der Waals surface area contributed by atoms with E-state index in [0.717, 1.165) is 37.1 Å². The summed E-state index contributed by atoms with van der Waals surface area (Å²) in [6.07, 6.45) is 3.75. The van der Waals surface area contributed by atoms with E-state index in [9.17, 15) is 8.42 Å². The highest BCUT2D eigenvalue weighted by Crippen LogP contribution is 2.29. The van der Waals surface area contributed by atoms with Crippen LogP contribution in [0.15, 0.2) is 53.4 Å². The minimum atomic E-state index is -3.60. The summed E-state index contributed by atoms with van der Waals surface area (Å²) < 4.78 is 33.7. The first-order chi connectivity index (χ1) is 12.5. The van der Waals surface area contributed by atoms with E-state index >= 15 is 0 Å². The summed E-state index contributed by atoms with van der Waals surface area (Å²) in [6.45, 7) is 0. The SMILES string of the molecule is COc1ccccc1N[C@H]1CCCC[C@@H]1NS(=O)(=O)c1ccc(Cl)cc1. The molecule has 2 N–H and O–H groups in total. The van der Waals surface area contributed by atoms with Crippen molar-refractivity contribution in [3.05, 3.63) is 53.6 Å². The second-order valence-corrected chi connectivity index (χ2v) is 8.57. The first-order valence-electron chi connectivity index (χ1n) is 8.67. The van der Waals surface area contributed by atoms with Crippen LogP contribution in [-0.4, -0.2) is 27.6 Å². The van der Waals surface area contributed by atoms with E-state index in [-0.39, 0.29) is 17.0 Å². The lowest BCUT2D eigenvalue weighted by Crippen LogP contribution is -2.48. The average Bonchev–Trinajstić information content (AvgIpc) is 2.64. The van der Waals surface area contributed by atoms with Crippen molar-refractivity contribution in [1.82, 2.24) is 4.72 Å². The molecule has 2 atom stereocenters. The molecule has 2 aromatic rings.